The van der Waals surface area contributed by atoms with Gasteiger partial charge in [-0.3, -0.25) is 14.5 Å². The number of carbonyl (C=O) groups excluding carboxylic acids is 2. The standard InChI is InChI=1S/C26H22ClNO4S/c1-17-3-5-19(6-4-17)16-32-22-12-9-20(13-23(22)31-2)14-24-25(29)28(26(30)33-24)15-18-7-10-21(27)11-8-18/h3-14H,15-16H2,1-2H3/b24-14-. The fourth-order valence-corrected chi connectivity index (χ4v) is 4.26. The number of benzene rings is 3. The predicted molar refractivity (Wildman–Crippen MR) is 131 cm³/mol. The Hall–Kier alpha value is -3.22. The first-order valence-corrected chi connectivity index (χ1v) is 11.5. The van der Waals surface area contributed by atoms with E-state index >= 15 is 0 Å². The van der Waals surface area contributed by atoms with Gasteiger partial charge < -0.3 is 9.47 Å². The van der Waals surface area contributed by atoms with Gasteiger partial charge in [0, 0.05) is 5.02 Å². The summed E-state index contributed by atoms with van der Waals surface area (Å²) >= 11 is 6.84. The van der Waals surface area contributed by atoms with Gasteiger partial charge in [-0.1, -0.05) is 59.6 Å². The number of hydrogen-bond acceptors (Lipinski definition) is 5. The Morgan fingerprint density at radius 2 is 1.64 bits per heavy atom. The molecular weight excluding hydrogens is 458 g/mol. The Morgan fingerprint density at radius 1 is 0.939 bits per heavy atom. The smallest absolute Gasteiger partial charge is 0.293 e. The fraction of sp³-hybridized carbons (Fsp3) is 0.154. The van der Waals surface area contributed by atoms with Gasteiger partial charge in [0.15, 0.2) is 11.5 Å². The van der Waals surface area contributed by atoms with Gasteiger partial charge in [-0.05, 0) is 65.7 Å². The largest absolute Gasteiger partial charge is 0.493 e. The molecular formula is C26H22ClNO4S. The number of rotatable bonds is 7. The van der Waals surface area contributed by atoms with Crippen LogP contribution in [-0.2, 0) is 17.9 Å². The van der Waals surface area contributed by atoms with Gasteiger partial charge in [0.2, 0.25) is 0 Å². The van der Waals surface area contributed by atoms with Crippen LogP contribution in [-0.4, -0.2) is 23.2 Å². The van der Waals surface area contributed by atoms with E-state index in [1.54, 1.807) is 49.6 Å². The third kappa shape index (κ3) is 5.59. The Kier molecular flexibility index (Phi) is 7.06. The molecule has 1 heterocycles. The number of hydrogen-bond donors (Lipinski definition) is 0. The van der Waals surface area contributed by atoms with Crippen molar-refractivity contribution in [1.82, 2.24) is 4.90 Å². The van der Waals surface area contributed by atoms with Crippen molar-refractivity contribution in [1.29, 1.82) is 0 Å². The molecule has 1 aliphatic heterocycles. The molecule has 0 unspecified atom stereocenters. The molecule has 2 amide bonds. The van der Waals surface area contributed by atoms with Crippen LogP contribution in [0, 0.1) is 6.92 Å². The molecule has 33 heavy (non-hydrogen) atoms. The zero-order valence-corrected chi connectivity index (χ0v) is 19.8. The van der Waals surface area contributed by atoms with E-state index in [2.05, 4.69) is 0 Å². The van der Waals surface area contributed by atoms with Crippen molar-refractivity contribution in [3.05, 3.63) is 98.9 Å². The second-order valence-electron chi connectivity index (χ2n) is 7.58. The summed E-state index contributed by atoms with van der Waals surface area (Å²) in [7, 11) is 1.57. The van der Waals surface area contributed by atoms with Gasteiger partial charge in [0.25, 0.3) is 11.1 Å². The van der Waals surface area contributed by atoms with E-state index in [1.165, 1.54) is 10.5 Å². The lowest BCUT2D eigenvalue weighted by Gasteiger charge is -2.12. The quantitative estimate of drug-likeness (QED) is 0.363. The minimum atomic E-state index is -0.321. The molecule has 0 saturated carbocycles. The van der Waals surface area contributed by atoms with Gasteiger partial charge in [-0.2, -0.15) is 0 Å². The molecule has 3 aromatic carbocycles. The topological polar surface area (TPSA) is 55.8 Å². The first-order chi connectivity index (χ1) is 15.9. The molecule has 7 heteroatoms. The predicted octanol–water partition coefficient (Wildman–Crippen LogP) is 6.47. The second-order valence-corrected chi connectivity index (χ2v) is 9.01. The molecule has 0 N–H and O–H groups in total. The maximum Gasteiger partial charge on any atom is 0.293 e. The third-order valence-electron chi connectivity index (χ3n) is 5.13. The lowest BCUT2D eigenvalue weighted by molar-refractivity contribution is -0.123. The van der Waals surface area contributed by atoms with Crippen molar-refractivity contribution in [2.24, 2.45) is 0 Å². The van der Waals surface area contributed by atoms with Gasteiger partial charge in [0.1, 0.15) is 6.61 Å². The number of aryl methyl sites for hydroxylation is 1. The highest BCUT2D eigenvalue weighted by Gasteiger charge is 2.35. The molecule has 0 radical (unpaired) electrons. The summed E-state index contributed by atoms with van der Waals surface area (Å²) in [5.41, 5.74) is 3.82. The maximum absolute atomic E-state index is 12.8. The number of carbonyl (C=O) groups is 2. The van der Waals surface area contributed by atoms with Crippen LogP contribution in [0.5, 0.6) is 11.5 Å². The van der Waals surface area contributed by atoms with Crippen molar-refractivity contribution < 1.29 is 19.1 Å². The number of halogens is 1. The number of ether oxygens (including phenoxy) is 2. The summed E-state index contributed by atoms with van der Waals surface area (Å²) < 4.78 is 11.4. The molecule has 168 valence electrons. The van der Waals surface area contributed by atoms with Crippen LogP contribution >= 0.6 is 23.4 Å². The van der Waals surface area contributed by atoms with Crippen LogP contribution in [0.3, 0.4) is 0 Å². The van der Waals surface area contributed by atoms with E-state index in [0.717, 1.165) is 28.5 Å². The zero-order chi connectivity index (χ0) is 23.4. The third-order valence-corrected chi connectivity index (χ3v) is 6.29. The average Bonchev–Trinajstić information content (AvgIpc) is 3.07. The van der Waals surface area contributed by atoms with Crippen LogP contribution in [0.1, 0.15) is 22.3 Å². The normalized spacial score (nSPS) is 14.8. The van der Waals surface area contributed by atoms with Crippen molar-refractivity contribution in [3.8, 4) is 11.5 Å². The number of nitrogens with zero attached hydrogens (tertiary/aromatic N) is 1. The van der Waals surface area contributed by atoms with Crippen LogP contribution in [0.15, 0.2) is 71.6 Å². The molecule has 1 aliphatic rings. The lowest BCUT2D eigenvalue weighted by atomic mass is 10.1. The van der Waals surface area contributed by atoms with Crippen LogP contribution in [0.2, 0.25) is 5.02 Å². The summed E-state index contributed by atoms with van der Waals surface area (Å²) in [4.78, 5) is 26.9. The molecule has 1 fully saturated rings. The summed E-state index contributed by atoms with van der Waals surface area (Å²) in [6.45, 7) is 2.66. The molecule has 0 atom stereocenters. The minimum absolute atomic E-state index is 0.203. The first kappa shape index (κ1) is 23.0. The monoisotopic (exact) mass is 479 g/mol. The molecule has 0 aromatic heterocycles. The van der Waals surface area contributed by atoms with E-state index in [4.69, 9.17) is 21.1 Å². The molecule has 5 nitrogen and oxygen atoms in total. The Labute approximate surface area is 202 Å². The molecule has 1 saturated heterocycles. The number of amides is 2. The Bertz CT molecular complexity index is 1210. The van der Waals surface area contributed by atoms with E-state index in [1.807, 2.05) is 37.3 Å². The van der Waals surface area contributed by atoms with E-state index in [-0.39, 0.29) is 17.7 Å². The summed E-state index contributed by atoms with van der Waals surface area (Å²) in [6.07, 6.45) is 1.69. The molecule has 4 rings (SSSR count). The van der Waals surface area contributed by atoms with Crippen molar-refractivity contribution in [2.75, 3.05) is 7.11 Å². The highest BCUT2D eigenvalue weighted by atomic mass is 35.5. The minimum Gasteiger partial charge on any atom is -0.493 e. The van der Waals surface area contributed by atoms with Crippen molar-refractivity contribution in [2.45, 2.75) is 20.1 Å². The molecule has 3 aromatic rings. The van der Waals surface area contributed by atoms with E-state index < -0.39 is 0 Å². The van der Waals surface area contributed by atoms with Gasteiger partial charge in [0.05, 0.1) is 18.6 Å². The number of thioether (sulfide) groups is 1. The van der Waals surface area contributed by atoms with Crippen molar-refractivity contribution in [3.63, 3.8) is 0 Å². The van der Waals surface area contributed by atoms with Gasteiger partial charge in [-0.25, -0.2) is 0 Å². The summed E-state index contributed by atoms with van der Waals surface area (Å²) in [5.74, 6) is 0.834. The number of methoxy groups -OCH3 is 1. The SMILES string of the molecule is COc1cc(/C=C2\SC(=O)N(Cc3ccc(Cl)cc3)C2=O)ccc1OCc1ccc(C)cc1. The van der Waals surface area contributed by atoms with Crippen LogP contribution in [0.4, 0.5) is 4.79 Å². The Balaban J connectivity index is 1.47. The second kappa shape index (κ2) is 10.1. The van der Waals surface area contributed by atoms with Crippen molar-refractivity contribution >= 4 is 40.6 Å². The van der Waals surface area contributed by atoms with E-state index in [9.17, 15) is 9.59 Å². The molecule has 0 spiro atoms. The first-order valence-electron chi connectivity index (χ1n) is 10.3. The number of imide groups is 1. The molecule has 0 bridgehead atoms. The average molecular weight is 480 g/mol. The van der Waals surface area contributed by atoms with Crippen LogP contribution in [0.25, 0.3) is 6.08 Å². The summed E-state index contributed by atoms with van der Waals surface area (Å²) in [6, 6.07) is 20.6. The zero-order valence-electron chi connectivity index (χ0n) is 18.2. The van der Waals surface area contributed by atoms with Gasteiger partial charge in [-0.15, -0.1) is 0 Å². The highest BCUT2D eigenvalue weighted by Crippen LogP contribution is 2.35. The maximum atomic E-state index is 12.8. The Morgan fingerprint density at radius 3 is 2.33 bits per heavy atom. The molecule has 0 aliphatic carbocycles. The summed E-state index contributed by atoms with van der Waals surface area (Å²) in [5, 5.41) is 0.305. The fourth-order valence-electron chi connectivity index (χ4n) is 3.30. The van der Waals surface area contributed by atoms with Crippen LogP contribution < -0.4 is 9.47 Å². The van der Waals surface area contributed by atoms with Gasteiger partial charge >= 0.3 is 0 Å². The highest BCUT2D eigenvalue weighted by molar-refractivity contribution is 8.18. The lowest BCUT2D eigenvalue weighted by Crippen LogP contribution is -2.27. The van der Waals surface area contributed by atoms with E-state index in [0.29, 0.717) is 28.0 Å².